The molecule has 1 atom stereocenters. The van der Waals surface area contributed by atoms with Gasteiger partial charge in [0.1, 0.15) is 6.10 Å². The van der Waals surface area contributed by atoms with Crippen LogP contribution < -0.4 is 0 Å². The summed E-state index contributed by atoms with van der Waals surface area (Å²) in [6.45, 7) is 4.45. The fraction of sp³-hybridized carbons (Fsp3) is 0.800. The summed E-state index contributed by atoms with van der Waals surface area (Å²) in [5, 5.41) is 8.84. The van der Waals surface area contributed by atoms with Gasteiger partial charge in [-0.05, 0) is 64.2 Å². The number of carbonyl (C=O) groups is 2. The van der Waals surface area contributed by atoms with E-state index in [1.54, 1.807) is 0 Å². The van der Waals surface area contributed by atoms with E-state index < -0.39 is 5.97 Å². The van der Waals surface area contributed by atoms with E-state index in [9.17, 15) is 9.59 Å². The van der Waals surface area contributed by atoms with Crippen LogP contribution in [0.1, 0.15) is 251 Å². The van der Waals surface area contributed by atoms with E-state index in [2.05, 4.69) is 62.5 Å². The van der Waals surface area contributed by atoms with Crippen molar-refractivity contribution >= 4 is 11.9 Å². The molecule has 0 aliphatic carbocycles. The van der Waals surface area contributed by atoms with Crippen LogP contribution in [0.3, 0.4) is 0 Å². The summed E-state index contributed by atoms with van der Waals surface area (Å²) in [5.41, 5.74) is 0. The monoisotopic (exact) mass is 755 g/mol. The maximum atomic E-state index is 12.7. The van der Waals surface area contributed by atoms with E-state index in [4.69, 9.17) is 9.84 Å². The van der Waals surface area contributed by atoms with E-state index in [1.807, 2.05) is 0 Å². The summed E-state index contributed by atoms with van der Waals surface area (Å²) in [6.07, 6.45) is 61.6. The average Bonchev–Trinajstić information content (AvgIpc) is 3.16. The van der Waals surface area contributed by atoms with Gasteiger partial charge in [0.15, 0.2) is 0 Å². The Balaban J connectivity index is 3.94. The van der Waals surface area contributed by atoms with Gasteiger partial charge in [0.25, 0.3) is 0 Å². The van der Waals surface area contributed by atoms with Gasteiger partial charge in [-0.25, -0.2) is 0 Å². The minimum absolute atomic E-state index is 0.0202. The van der Waals surface area contributed by atoms with Crippen LogP contribution in [0.4, 0.5) is 0 Å². The molecule has 0 rings (SSSR count). The Hall–Kier alpha value is -2.10. The van der Waals surface area contributed by atoms with Gasteiger partial charge in [-0.2, -0.15) is 0 Å². The molecule has 0 fully saturated rings. The minimum atomic E-state index is -0.710. The molecular formula is C50H90O4. The first-order chi connectivity index (χ1) is 26.6. The van der Waals surface area contributed by atoms with Crippen LogP contribution in [0.15, 0.2) is 48.6 Å². The van der Waals surface area contributed by atoms with Gasteiger partial charge >= 0.3 is 11.9 Å². The summed E-state index contributed by atoms with van der Waals surface area (Å²) in [6, 6.07) is 0. The van der Waals surface area contributed by atoms with Crippen LogP contribution in [-0.2, 0) is 14.3 Å². The first kappa shape index (κ1) is 51.9. The lowest BCUT2D eigenvalue weighted by atomic mass is 10.0. The normalized spacial score (nSPS) is 12.6. The van der Waals surface area contributed by atoms with E-state index >= 15 is 0 Å². The van der Waals surface area contributed by atoms with Crippen molar-refractivity contribution in [3.05, 3.63) is 48.6 Å². The Morgan fingerprint density at radius 1 is 0.426 bits per heavy atom. The standard InChI is InChI=1S/C50H90O4/c1-3-5-7-9-11-13-15-17-18-19-20-21-22-23-24-25-26-28-30-32-34-39-43-47-50(53)54-48(45-41-37-35-38-42-46-49(51)52)44-40-36-33-31-29-27-16-14-12-10-8-6-4-2/h6,8,12,14,27,29,33,36,48H,3-5,7,9-11,13,15-26,28,30-32,34-35,37-47H2,1-2H3,(H,51,52)/b8-6-,14-12-,29-27-,36-33-. The second kappa shape index (κ2) is 45.3. The largest absolute Gasteiger partial charge is 0.481 e. The molecule has 0 aromatic heterocycles. The van der Waals surface area contributed by atoms with Gasteiger partial charge in [0, 0.05) is 12.8 Å². The molecule has 4 nitrogen and oxygen atoms in total. The molecule has 0 aromatic rings. The van der Waals surface area contributed by atoms with Crippen LogP contribution >= 0.6 is 0 Å². The van der Waals surface area contributed by atoms with Crippen molar-refractivity contribution in [1.29, 1.82) is 0 Å². The first-order valence-corrected chi connectivity index (χ1v) is 23.6. The summed E-state index contributed by atoms with van der Waals surface area (Å²) in [7, 11) is 0. The van der Waals surface area contributed by atoms with Gasteiger partial charge < -0.3 is 9.84 Å². The molecule has 0 spiro atoms. The number of aliphatic carboxylic acids is 1. The number of ether oxygens (including phenoxy) is 1. The fourth-order valence-corrected chi connectivity index (χ4v) is 7.12. The molecule has 54 heavy (non-hydrogen) atoms. The lowest BCUT2D eigenvalue weighted by Crippen LogP contribution is -2.18. The Kier molecular flexibility index (Phi) is 43.5. The van der Waals surface area contributed by atoms with Crippen molar-refractivity contribution in [3.63, 3.8) is 0 Å². The molecule has 0 amide bonds. The molecule has 0 heterocycles. The van der Waals surface area contributed by atoms with Crippen LogP contribution in [0, 0.1) is 0 Å². The van der Waals surface area contributed by atoms with Crippen molar-refractivity contribution in [2.24, 2.45) is 0 Å². The number of unbranched alkanes of at least 4 members (excludes halogenated alkanes) is 26. The highest BCUT2D eigenvalue weighted by molar-refractivity contribution is 5.69. The van der Waals surface area contributed by atoms with Crippen LogP contribution in [0.2, 0.25) is 0 Å². The number of carbonyl (C=O) groups excluding carboxylic acids is 1. The Bertz CT molecular complexity index is 900. The quantitative estimate of drug-likeness (QED) is 0.0382. The summed E-state index contributed by atoms with van der Waals surface area (Å²) in [5.74, 6) is -0.742. The van der Waals surface area contributed by atoms with Gasteiger partial charge in [-0.1, -0.05) is 223 Å². The molecule has 1 N–H and O–H groups in total. The van der Waals surface area contributed by atoms with Crippen molar-refractivity contribution in [2.45, 2.75) is 258 Å². The van der Waals surface area contributed by atoms with Crippen LogP contribution in [-0.4, -0.2) is 23.1 Å². The van der Waals surface area contributed by atoms with Gasteiger partial charge in [-0.3, -0.25) is 9.59 Å². The third-order valence-electron chi connectivity index (χ3n) is 10.6. The topological polar surface area (TPSA) is 63.6 Å². The van der Waals surface area contributed by atoms with Crippen molar-refractivity contribution in [1.82, 2.24) is 0 Å². The SMILES string of the molecule is CC/C=C\C/C=C\C/C=C\C/C=C\CCC(CCCCCCCC(=O)O)OC(=O)CCCCCCCCCCCCCCCCCCCCCCCCC. The predicted octanol–water partition coefficient (Wildman–Crippen LogP) is 16.7. The number of esters is 1. The molecule has 0 saturated heterocycles. The zero-order valence-corrected chi connectivity index (χ0v) is 36.0. The van der Waals surface area contributed by atoms with E-state index in [-0.39, 0.29) is 18.5 Å². The van der Waals surface area contributed by atoms with E-state index in [0.29, 0.717) is 6.42 Å². The zero-order valence-electron chi connectivity index (χ0n) is 36.0. The average molecular weight is 755 g/mol. The van der Waals surface area contributed by atoms with E-state index in [0.717, 1.165) is 89.9 Å². The second-order valence-electron chi connectivity index (χ2n) is 15.9. The van der Waals surface area contributed by atoms with Crippen molar-refractivity contribution in [3.8, 4) is 0 Å². The molecule has 314 valence electrons. The molecule has 1 unspecified atom stereocenters. The smallest absolute Gasteiger partial charge is 0.306 e. The molecule has 0 saturated carbocycles. The highest BCUT2D eigenvalue weighted by Gasteiger charge is 2.14. The second-order valence-corrected chi connectivity index (χ2v) is 15.9. The first-order valence-electron chi connectivity index (χ1n) is 23.6. The molecule has 0 bridgehead atoms. The molecule has 0 aromatic carbocycles. The third kappa shape index (κ3) is 44.3. The van der Waals surface area contributed by atoms with Gasteiger partial charge in [-0.15, -0.1) is 0 Å². The maximum absolute atomic E-state index is 12.7. The van der Waals surface area contributed by atoms with Crippen molar-refractivity contribution in [2.75, 3.05) is 0 Å². The number of allylic oxidation sites excluding steroid dienone is 8. The van der Waals surface area contributed by atoms with E-state index in [1.165, 1.54) is 135 Å². The van der Waals surface area contributed by atoms with Gasteiger partial charge in [0.2, 0.25) is 0 Å². The maximum Gasteiger partial charge on any atom is 0.306 e. The highest BCUT2D eigenvalue weighted by atomic mass is 16.5. The Morgan fingerprint density at radius 3 is 1.19 bits per heavy atom. The zero-order chi connectivity index (χ0) is 39.3. The highest BCUT2D eigenvalue weighted by Crippen LogP contribution is 2.18. The molecule has 0 radical (unpaired) electrons. The summed E-state index contributed by atoms with van der Waals surface area (Å²) >= 11 is 0. The lowest BCUT2D eigenvalue weighted by Gasteiger charge is -2.17. The van der Waals surface area contributed by atoms with Crippen LogP contribution in [0.5, 0.6) is 0 Å². The number of carboxylic acid groups (broad SMARTS) is 1. The van der Waals surface area contributed by atoms with Crippen molar-refractivity contribution < 1.29 is 19.4 Å². The number of hydrogen-bond acceptors (Lipinski definition) is 3. The molecule has 0 aliphatic rings. The Labute approximate surface area is 336 Å². The predicted molar refractivity (Wildman–Crippen MR) is 236 cm³/mol. The van der Waals surface area contributed by atoms with Crippen LogP contribution in [0.25, 0.3) is 0 Å². The summed E-state index contributed by atoms with van der Waals surface area (Å²) in [4.78, 5) is 23.5. The van der Waals surface area contributed by atoms with Gasteiger partial charge in [0.05, 0.1) is 0 Å². The molecule has 4 heteroatoms. The molecule has 0 aliphatic heterocycles. The fourth-order valence-electron chi connectivity index (χ4n) is 7.12. The minimum Gasteiger partial charge on any atom is -0.481 e. The summed E-state index contributed by atoms with van der Waals surface area (Å²) < 4.78 is 5.99. The lowest BCUT2D eigenvalue weighted by molar-refractivity contribution is -0.150. The number of rotatable bonds is 43. The third-order valence-corrected chi connectivity index (χ3v) is 10.6. The molecular weight excluding hydrogens is 665 g/mol. The number of carboxylic acids is 1. The Morgan fingerprint density at radius 2 is 0.778 bits per heavy atom. The number of hydrogen-bond donors (Lipinski definition) is 1.